The lowest BCUT2D eigenvalue weighted by molar-refractivity contribution is 0.375. The third-order valence-electron chi connectivity index (χ3n) is 3.51. The van der Waals surface area contributed by atoms with Crippen LogP contribution in [-0.4, -0.2) is 6.54 Å². The molecule has 18 heavy (non-hydrogen) atoms. The summed E-state index contributed by atoms with van der Waals surface area (Å²) >= 11 is 8.54. The van der Waals surface area contributed by atoms with Crippen molar-refractivity contribution in [2.45, 2.75) is 46.1 Å². The molecule has 0 amide bonds. The molecule has 0 bridgehead atoms. The van der Waals surface area contributed by atoms with Gasteiger partial charge in [0.2, 0.25) is 0 Å². The van der Waals surface area contributed by atoms with Crippen LogP contribution in [0.3, 0.4) is 0 Å². The minimum Gasteiger partial charge on any atom is -0.310 e. The second-order valence-corrected chi connectivity index (χ2v) is 6.29. The van der Waals surface area contributed by atoms with Crippen LogP contribution in [0.5, 0.6) is 0 Å². The van der Waals surface area contributed by atoms with Gasteiger partial charge in [-0.2, -0.15) is 0 Å². The van der Waals surface area contributed by atoms with Gasteiger partial charge in [0.05, 0.1) is 0 Å². The molecule has 0 aliphatic rings. The average Bonchev–Trinajstić information content (AvgIpc) is 2.37. The Balaban J connectivity index is 2.92. The minimum absolute atomic E-state index is 0.422. The quantitative estimate of drug-likeness (QED) is 0.624. The molecule has 0 saturated carbocycles. The van der Waals surface area contributed by atoms with E-state index >= 15 is 0 Å². The summed E-state index contributed by atoms with van der Waals surface area (Å²) in [5.41, 5.74) is 1.34. The Hall–Kier alpha value is 0.200. The SMILES string of the molecule is CCNC(CC(CC)CC)c1cc(Cl)ccc1I. The third-order valence-corrected chi connectivity index (χ3v) is 4.73. The van der Waals surface area contributed by atoms with Gasteiger partial charge in [-0.25, -0.2) is 0 Å². The molecule has 1 nitrogen and oxygen atoms in total. The maximum atomic E-state index is 6.13. The van der Waals surface area contributed by atoms with E-state index in [1.165, 1.54) is 28.4 Å². The van der Waals surface area contributed by atoms with E-state index in [0.717, 1.165) is 17.5 Å². The normalized spacial score (nSPS) is 13.0. The molecule has 1 aromatic carbocycles. The first kappa shape index (κ1) is 16.3. The molecule has 0 saturated heterocycles. The number of rotatable bonds is 7. The van der Waals surface area contributed by atoms with Gasteiger partial charge in [0.15, 0.2) is 0 Å². The summed E-state index contributed by atoms with van der Waals surface area (Å²) in [7, 11) is 0. The molecule has 1 rings (SSSR count). The first-order valence-corrected chi connectivity index (χ1v) is 8.26. The summed E-state index contributed by atoms with van der Waals surface area (Å²) in [5, 5.41) is 4.43. The van der Waals surface area contributed by atoms with E-state index in [1.807, 2.05) is 6.07 Å². The summed E-state index contributed by atoms with van der Waals surface area (Å²) in [4.78, 5) is 0. The van der Waals surface area contributed by atoms with Crippen LogP contribution in [0.25, 0.3) is 0 Å². The van der Waals surface area contributed by atoms with E-state index in [-0.39, 0.29) is 0 Å². The van der Waals surface area contributed by atoms with Crippen LogP contribution in [0.15, 0.2) is 18.2 Å². The van der Waals surface area contributed by atoms with Crippen LogP contribution in [0.4, 0.5) is 0 Å². The molecule has 3 heteroatoms. The molecule has 0 spiro atoms. The fraction of sp³-hybridized carbons (Fsp3) is 0.600. The summed E-state index contributed by atoms with van der Waals surface area (Å²) < 4.78 is 1.30. The Morgan fingerprint density at radius 1 is 1.22 bits per heavy atom. The fourth-order valence-electron chi connectivity index (χ4n) is 2.30. The highest BCUT2D eigenvalue weighted by atomic mass is 127. The monoisotopic (exact) mass is 379 g/mol. The predicted molar refractivity (Wildman–Crippen MR) is 89.3 cm³/mol. The number of hydrogen-bond acceptors (Lipinski definition) is 1. The molecular weight excluding hydrogens is 357 g/mol. The van der Waals surface area contributed by atoms with E-state index in [0.29, 0.717) is 6.04 Å². The minimum atomic E-state index is 0.422. The summed E-state index contributed by atoms with van der Waals surface area (Å²) in [6.45, 7) is 7.71. The van der Waals surface area contributed by atoms with Crippen LogP contribution in [0, 0.1) is 9.49 Å². The lowest BCUT2D eigenvalue weighted by atomic mass is 9.91. The van der Waals surface area contributed by atoms with E-state index in [2.05, 4.69) is 60.8 Å². The van der Waals surface area contributed by atoms with Crippen LogP contribution in [0.2, 0.25) is 5.02 Å². The van der Waals surface area contributed by atoms with Crippen LogP contribution in [-0.2, 0) is 0 Å². The second-order valence-electron chi connectivity index (χ2n) is 4.69. The Kier molecular flexibility index (Phi) is 7.57. The second kappa shape index (κ2) is 8.39. The smallest absolute Gasteiger partial charge is 0.0410 e. The van der Waals surface area contributed by atoms with Crippen molar-refractivity contribution in [2.24, 2.45) is 5.92 Å². The van der Waals surface area contributed by atoms with E-state index in [4.69, 9.17) is 11.6 Å². The lowest BCUT2D eigenvalue weighted by Crippen LogP contribution is -2.24. The number of hydrogen-bond donors (Lipinski definition) is 1. The van der Waals surface area contributed by atoms with Gasteiger partial charge in [-0.3, -0.25) is 0 Å². The van der Waals surface area contributed by atoms with E-state index in [9.17, 15) is 0 Å². The number of nitrogens with one attached hydrogen (secondary N) is 1. The summed E-state index contributed by atoms with van der Waals surface area (Å²) in [6.07, 6.45) is 3.68. The molecule has 0 aliphatic carbocycles. The van der Waals surface area contributed by atoms with Gasteiger partial charge in [-0.05, 0) is 65.2 Å². The largest absolute Gasteiger partial charge is 0.310 e. The molecule has 0 radical (unpaired) electrons. The average molecular weight is 380 g/mol. The van der Waals surface area contributed by atoms with Gasteiger partial charge in [-0.15, -0.1) is 0 Å². The molecule has 1 N–H and O–H groups in total. The van der Waals surface area contributed by atoms with E-state index < -0.39 is 0 Å². The Morgan fingerprint density at radius 2 is 1.89 bits per heavy atom. The van der Waals surface area contributed by atoms with E-state index in [1.54, 1.807) is 0 Å². The van der Waals surface area contributed by atoms with Crippen molar-refractivity contribution in [1.82, 2.24) is 5.32 Å². The van der Waals surface area contributed by atoms with Gasteiger partial charge >= 0.3 is 0 Å². The lowest BCUT2D eigenvalue weighted by Gasteiger charge is -2.24. The molecule has 0 fully saturated rings. The zero-order chi connectivity index (χ0) is 13.5. The van der Waals surface area contributed by atoms with Crippen molar-refractivity contribution in [3.63, 3.8) is 0 Å². The standard InChI is InChI=1S/C15H23ClIN/c1-4-11(5-2)9-15(18-6-3)13-10-12(16)7-8-14(13)17/h7-8,10-11,15,18H,4-6,9H2,1-3H3. The Bertz CT molecular complexity index is 364. The van der Waals surface area contributed by atoms with Gasteiger partial charge in [0.25, 0.3) is 0 Å². The first-order valence-electron chi connectivity index (χ1n) is 6.80. The Labute approximate surface area is 130 Å². The van der Waals surface area contributed by atoms with Crippen molar-refractivity contribution in [2.75, 3.05) is 6.54 Å². The molecule has 0 aliphatic heterocycles. The molecule has 1 aromatic rings. The fourth-order valence-corrected chi connectivity index (χ4v) is 3.20. The maximum Gasteiger partial charge on any atom is 0.0410 e. The molecule has 0 aromatic heterocycles. The molecular formula is C15H23ClIN. The molecule has 0 heterocycles. The summed E-state index contributed by atoms with van der Waals surface area (Å²) in [6, 6.07) is 6.60. The Morgan fingerprint density at radius 3 is 2.44 bits per heavy atom. The van der Waals surface area contributed by atoms with Gasteiger partial charge in [0, 0.05) is 14.6 Å². The predicted octanol–water partition coefficient (Wildman–Crippen LogP) is 5.42. The zero-order valence-corrected chi connectivity index (χ0v) is 14.4. The highest BCUT2D eigenvalue weighted by molar-refractivity contribution is 14.1. The first-order chi connectivity index (χ1) is 8.62. The number of halogens is 2. The number of benzene rings is 1. The van der Waals surface area contributed by atoms with Crippen molar-refractivity contribution in [1.29, 1.82) is 0 Å². The molecule has 1 atom stereocenters. The van der Waals surface area contributed by atoms with Gasteiger partial charge < -0.3 is 5.32 Å². The van der Waals surface area contributed by atoms with Gasteiger partial charge in [0.1, 0.15) is 0 Å². The van der Waals surface area contributed by atoms with Crippen LogP contribution in [0.1, 0.15) is 51.6 Å². The van der Waals surface area contributed by atoms with Crippen LogP contribution < -0.4 is 5.32 Å². The zero-order valence-electron chi connectivity index (χ0n) is 11.5. The highest BCUT2D eigenvalue weighted by Crippen LogP contribution is 2.30. The summed E-state index contributed by atoms with van der Waals surface area (Å²) in [5.74, 6) is 0.781. The van der Waals surface area contributed by atoms with Crippen LogP contribution >= 0.6 is 34.2 Å². The van der Waals surface area contributed by atoms with Crippen molar-refractivity contribution >= 4 is 34.2 Å². The topological polar surface area (TPSA) is 12.0 Å². The van der Waals surface area contributed by atoms with Crippen molar-refractivity contribution in [3.05, 3.63) is 32.4 Å². The third kappa shape index (κ3) is 4.71. The van der Waals surface area contributed by atoms with Crippen molar-refractivity contribution in [3.8, 4) is 0 Å². The van der Waals surface area contributed by atoms with Gasteiger partial charge in [-0.1, -0.05) is 45.2 Å². The van der Waals surface area contributed by atoms with Crippen molar-refractivity contribution < 1.29 is 0 Å². The highest BCUT2D eigenvalue weighted by Gasteiger charge is 2.17. The molecule has 102 valence electrons. The molecule has 1 unspecified atom stereocenters. The maximum absolute atomic E-state index is 6.13.